The average molecular weight is 190 g/mol. The molecule has 74 valence electrons. The molecule has 0 radical (unpaired) electrons. The standard InChI is InChI=1S/C10H14N4/c1-8-4-9(2)14(12-8)7-10-5-11-13(3)6-10/h4-6H,7H2,1-3H3. The van der Waals surface area contributed by atoms with E-state index in [-0.39, 0.29) is 0 Å². The molecule has 0 bridgehead atoms. The number of aryl methyl sites for hydroxylation is 3. The van der Waals surface area contributed by atoms with Crippen molar-refractivity contribution in [1.82, 2.24) is 19.6 Å². The molecule has 0 N–H and O–H groups in total. The fraction of sp³-hybridized carbons (Fsp3) is 0.400. The summed E-state index contributed by atoms with van der Waals surface area (Å²) in [5.74, 6) is 0. The Bertz CT molecular complexity index is 439. The van der Waals surface area contributed by atoms with Crippen LogP contribution in [0.4, 0.5) is 0 Å². The van der Waals surface area contributed by atoms with Crippen molar-refractivity contribution in [2.24, 2.45) is 7.05 Å². The molecule has 0 amide bonds. The monoisotopic (exact) mass is 190 g/mol. The zero-order chi connectivity index (χ0) is 10.1. The maximum absolute atomic E-state index is 4.39. The van der Waals surface area contributed by atoms with Gasteiger partial charge in [-0.05, 0) is 19.9 Å². The van der Waals surface area contributed by atoms with Crippen LogP contribution in [0.3, 0.4) is 0 Å². The average Bonchev–Trinajstić information content (AvgIpc) is 2.61. The highest BCUT2D eigenvalue weighted by Crippen LogP contribution is 2.05. The number of hydrogen-bond acceptors (Lipinski definition) is 2. The molecule has 0 spiro atoms. The molecule has 2 heterocycles. The van der Waals surface area contributed by atoms with E-state index in [1.54, 1.807) is 4.68 Å². The second kappa shape index (κ2) is 3.29. The van der Waals surface area contributed by atoms with E-state index in [1.807, 2.05) is 31.0 Å². The van der Waals surface area contributed by atoms with Gasteiger partial charge in [-0.2, -0.15) is 10.2 Å². The van der Waals surface area contributed by atoms with Gasteiger partial charge in [-0.25, -0.2) is 0 Å². The molecule has 2 aromatic heterocycles. The molecule has 0 saturated carbocycles. The van der Waals surface area contributed by atoms with E-state index in [1.165, 1.54) is 11.3 Å². The van der Waals surface area contributed by atoms with Gasteiger partial charge < -0.3 is 0 Å². The Morgan fingerprint density at radius 3 is 2.64 bits per heavy atom. The Labute approximate surface area is 83.2 Å². The zero-order valence-corrected chi connectivity index (χ0v) is 8.73. The summed E-state index contributed by atoms with van der Waals surface area (Å²) in [5.41, 5.74) is 3.43. The highest BCUT2D eigenvalue weighted by molar-refractivity contribution is 5.10. The fourth-order valence-corrected chi connectivity index (χ4v) is 1.56. The molecule has 4 heteroatoms. The summed E-state index contributed by atoms with van der Waals surface area (Å²) >= 11 is 0. The molecule has 2 aromatic rings. The van der Waals surface area contributed by atoms with Crippen molar-refractivity contribution < 1.29 is 0 Å². The van der Waals surface area contributed by atoms with Crippen LogP contribution in [0.2, 0.25) is 0 Å². The van der Waals surface area contributed by atoms with Crippen LogP contribution in [0.5, 0.6) is 0 Å². The van der Waals surface area contributed by atoms with Crippen LogP contribution in [-0.2, 0) is 13.6 Å². The van der Waals surface area contributed by atoms with Gasteiger partial charge in [-0.3, -0.25) is 9.36 Å². The van der Waals surface area contributed by atoms with Crippen LogP contribution in [0, 0.1) is 13.8 Å². The van der Waals surface area contributed by atoms with E-state index in [2.05, 4.69) is 23.2 Å². The predicted octanol–water partition coefficient (Wildman–Crippen LogP) is 1.28. The van der Waals surface area contributed by atoms with E-state index < -0.39 is 0 Å². The molecule has 0 unspecified atom stereocenters. The van der Waals surface area contributed by atoms with Crippen molar-refractivity contribution in [3.05, 3.63) is 35.4 Å². The summed E-state index contributed by atoms with van der Waals surface area (Å²) < 4.78 is 3.80. The topological polar surface area (TPSA) is 35.6 Å². The normalized spacial score (nSPS) is 10.8. The summed E-state index contributed by atoms with van der Waals surface area (Å²) in [4.78, 5) is 0. The first kappa shape index (κ1) is 8.99. The number of aromatic nitrogens is 4. The lowest BCUT2D eigenvalue weighted by Crippen LogP contribution is -2.02. The van der Waals surface area contributed by atoms with Gasteiger partial charge in [0.15, 0.2) is 0 Å². The number of rotatable bonds is 2. The molecule has 14 heavy (non-hydrogen) atoms. The van der Waals surface area contributed by atoms with Crippen LogP contribution in [0.15, 0.2) is 18.5 Å². The quantitative estimate of drug-likeness (QED) is 0.715. The lowest BCUT2D eigenvalue weighted by Gasteiger charge is -2.00. The highest BCUT2D eigenvalue weighted by atomic mass is 15.3. The van der Waals surface area contributed by atoms with Crippen molar-refractivity contribution in [2.75, 3.05) is 0 Å². The van der Waals surface area contributed by atoms with Gasteiger partial charge in [0.1, 0.15) is 0 Å². The van der Waals surface area contributed by atoms with E-state index in [4.69, 9.17) is 0 Å². The summed E-state index contributed by atoms with van der Waals surface area (Å²) in [6.07, 6.45) is 3.88. The van der Waals surface area contributed by atoms with Gasteiger partial charge in [0.05, 0.1) is 18.4 Å². The first-order valence-corrected chi connectivity index (χ1v) is 4.64. The van der Waals surface area contributed by atoms with Gasteiger partial charge in [-0.1, -0.05) is 0 Å². The maximum Gasteiger partial charge on any atom is 0.0693 e. The third-order valence-corrected chi connectivity index (χ3v) is 2.19. The molecule has 0 aromatic carbocycles. The number of nitrogens with zero attached hydrogens (tertiary/aromatic N) is 4. The summed E-state index contributed by atoms with van der Waals surface area (Å²) in [5, 5.41) is 8.52. The molecule has 4 nitrogen and oxygen atoms in total. The molecule has 2 rings (SSSR count). The molecule has 0 atom stereocenters. The van der Waals surface area contributed by atoms with E-state index in [9.17, 15) is 0 Å². The molecule has 0 saturated heterocycles. The van der Waals surface area contributed by atoms with Gasteiger partial charge >= 0.3 is 0 Å². The van der Waals surface area contributed by atoms with Gasteiger partial charge in [-0.15, -0.1) is 0 Å². The Morgan fingerprint density at radius 1 is 1.36 bits per heavy atom. The van der Waals surface area contributed by atoms with Crippen molar-refractivity contribution in [1.29, 1.82) is 0 Å². The zero-order valence-electron chi connectivity index (χ0n) is 8.73. The Hall–Kier alpha value is -1.58. The lowest BCUT2D eigenvalue weighted by molar-refractivity contribution is 0.658. The minimum absolute atomic E-state index is 0.799. The largest absolute Gasteiger partial charge is 0.275 e. The van der Waals surface area contributed by atoms with Gasteiger partial charge in [0.25, 0.3) is 0 Å². The molecule has 0 aliphatic heterocycles. The summed E-state index contributed by atoms with van der Waals surface area (Å²) in [6.45, 7) is 4.87. The summed E-state index contributed by atoms with van der Waals surface area (Å²) in [7, 11) is 1.92. The van der Waals surface area contributed by atoms with Gasteiger partial charge in [0, 0.05) is 24.5 Å². The van der Waals surface area contributed by atoms with Crippen molar-refractivity contribution in [2.45, 2.75) is 20.4 Å². The fourth-order valence-electron chi connectivity index (χ4n) is 1.56. The van der Waals surface area contributed by atoms with Crippen LogP contribution in [0.1, 0.15) is 17.0 Å². The molecule has 0 aliphatic rings. The SMILES string of the molecule is Cc1cc(C)n(Cc2cnn(C)c2)n1. The van der Waals surface area contributed by atoms with Crippen LogP contribution in [-0.4, -0.2) is 19.6 Å². The Balaban J connectivity index is 2.22. The first-order chi connectivity index (χ1) is 6.65. The maximum atomic E-state index is 4.39. The van der Waals surface area contributed by atoms with E-state index in [0.717, 1.165) is 12.2 Å². The van der Waals surface area contributed by atoms with Crippen molar-refractivity contribution >= 4 is 0 Å². The smallest absolute Gasteiger partial charge is 0.0693 e. The predicted molar refractivity (Wildman–Crippen MR) is 54.0 cm³/mol. The Morgan fingerprint density at radius 2 is 2.14 bits per heavy atom. The molecule has 0 aliphatic carbocycles. The second-order valence-electron chi connectivity index (χ2n) is 3.61. The molecular weight excluding hydrogens is 176 g/mol. The second-order valence-corrected chi connectivity index (χ2v) is 3.61. The van der Waals surface area contributed by atoms with Crippen molar-refractivity contribution in [3.63, 3.8) is 0 Å². The van der Waals surface area contributed by atoms with Crippen molar-refractivity contribution in [3.8, 4) is 0 Å². The van der Waals surface area contributed by atoms with Gasteiger partial charge in [0.2, 0.25) is 0 Å². The minimum atomic E-state index is 0.799. The van der Waals surface area contributed by atoms with Crippen LogP contribution >= 0.6 is 0 Å². The van der Waals surface area contributed by atoms with E-state index >= 15 is 0 Å². The third kappa shape index (κ3) is 1.69. The number of hydrogen-bond donors (Lipinski definition) is 0. The van der Waals surface area contributed by atoms with Crippen LogP contribution < -0.4 is 0 Å². The Kier molecular flexibility index (Phi) is 2.11. The first-order valence-electron chi connectivity index (χ1n) is 4.64. The van der Waals surface area contributed by atoms with E-state index in [0.29, 0.717) is 0 Å². The molecular formula is C10H14N4. The summed E-state index contributed by atoms with van der Waals surface area (Å²) in [6, 6.07) is 2.08. The third-order valence-electron chi connectivity index (χ3n) is 2.19. The molecule has 0 fully saturated rings. The lowest BCUT2D eigenvalue weighted by atomic mass is 10.3. The highest BCUT2D eigenvalue weighted by Gasteiger charge is 2.02. The minimum Gasteiger partial charge on any atom is -0.275 e. The van der Waals surface area contributed by atoms with Crippen LogP contribution in [0.25, 0.3) is 0 Å².